The third kappa shape index (κ3) is 5.04. The first-order chi connectivity index (χ1) is 9.65. The number of nitrogens with one attached hydrogen (secondary N) is 1. The van der Waals surface area contributed by atoms with Crippen LogP contribution in [0.2, 0.25) is 0 Å². The van der Waals surface area contributed by atoms with E-state index in [0.29, 0.717) is 5.91 Å². The lowest BCUT2D eigenvalue weighted by Crippen LogP contribution is -2.41. The minimum atomic E-state index is -0.220. The molecule has 2 aliphatic heterocycles. The molecule has 0 aliphatic carbocycles. The van der Waals surface area contributed by atoms with Crippen molar-refractivity contribution in [2.45, 2.75) is 38.7 Å². The number of carbonyl (C=O) groups is 1. The average Bonchev–Trinajstić information content (AvgIpc) is 2.82. The number of aliphatic hydroxyl groups is 1. The first kappa shape index (κ1) is 15.7. The molecule has 2 heterocycles. The Labute approximate surface area is 122 Å². The molecule has 2 N–H and O–H groups in total. The van der Waals surface area contributed by atoms with Crippen molar-refractivity contribution in [1.29, 1.82) is 0 Å². The van der Waals surface area contributed by atoms with E-state index in [0.717, 1.165) is 64.6 Å². The Kier molecular flexibility index (Phi) is 6.26. The van der Waals surface area contributed by atoms with Crippen LogP contribution in [0.25, 0.3) is 0 Å². The van der Waals surface area contributed by atoms with Gasteiger partial charge in [0.05, 0.1) is 6.10 Å². The van der Waals surface area contributed by atoms with Crippen molar-refractivity contribution in [3.63, 3.8) is 0 Å². The molecule has 0 aromatic carbocycles. The summed E-state index contributed by atoms with van der Waals surface area (Å²) in [6, 6.07) is 0. The van der Waals surface area contributed by atoms with Gasteiger partial charge in [0.25, 0.3) is 0 Å². The summed E-state index contributed by atoms with van der Waals surface area (Å²) in [4.78, 5) is 15.8. The number of carbonyl (C=O) groups excluding carboxylic acids is 1. The van der Waals surface area contributed by atoms with E-state index < -0.39 is 0 Å². The van der Waals surface area contributed by atoms with Gasteiger partial charge in [0, 0.05) is 32.6 Å². The van der Waals surface area contributed by atoms with E-state index >= 15 is 0 Å². The van der Waals surface area contributed by atoms with Gasteiger partial charge in [-0.3, -0.25) is 4.79 Å². The highest BCUT2D eigenvalue weighted by atomic mass is 16.3. The number of rotatable bonds is 7. The number of hydrogen-bond acceptors (Lipinski definition) is 4. The van der Waals surface area contributed by atoms with Crippen LogP contribution in [0.3, 0.4) is 0 Å². The van der Waals surface area contributed by atoms with Gasteiger partial charge < -0.3 is 20.2 Å². The fourth-order valence-corrected chi connectivity index (χ4v) is 3.21. The van der Waals surface area contributed by atoms with Crippen LogP contribution < -0.4 is 5.32 Å². The van der Waals surface area contributed by atoms with Gasteiger partial charge in [0.2, 0.25) is 5.91 Å². The Balaban J connectivity index is 1.52. The third-order valence-electron chi connectivity index (χ3n) is 4.39. The zero-order valence-electron chi connectivity index (χ0n) is 12.7. The summed E-state index contributed by atoms with van der Waals surface area (Å²) in [7, 11) is 0. The summed E-state index contributed by atoms with van der Waals surface area (Å²) in [5.41, 5.74) is 0. The molecule has 2 rings (SSSR count). The van der Waals surface area contributed by atoms with Gasteiger partial charge in [0.1, 0.15) is 0 Å². The Morgan fingerprint density at radius 2 is 2.10 bits per heavy atom. The molecule has 0 unspecified atom stereocenters. The van der Waals surface area contributed by atoms with Crippen molar-refractivity contribution in [3.8, 4) is 0 Å². The van der Waals surface area contributed by atoms with Gasteiger partial charge in [-0.2, -0.15) is 0 Å². The molecule has 5 nitrogen and oxygen atoms in total. The molecule has 1 atom stereocenters. The molecule has 0 aromatic heterocycles. The number of piperidine rings is 1. The number of hydrogen-bond donors (Lipinski definition) is 2. The number of likely N-dealkylation sites (tertiary alicyclic amines) is 2. The minimum absolute atomic E-state index is 0.220. The fourth-order valence-electron chi connectivity index (χ4n) is 3.21. The van der Waals surface area contributed by atoms with Crippen LogP contribution in [-0.4, -0.2) is 72.7 Å². The Morgan fingerprint density at radius 3 is 2.70 bits per heavy atom. The van der Waals surface area contributed by atoms with E-state index in [-0.39, 0.29) is 6.10 Å². The molecular weight excluding hydrogens is 254 g/mol. The zero-order valence-corrected chi connectivity index (χ0v) is 12.7. The van der Waals surface area contributed by atoms with Crippen molar-refractivity contribution in [3.05, 3.63) is 0 Å². The van der Waals surface area contributed by atoms with Crippen molar-refractivity contribution >= 4 is 5.91 Å². The summed E-state index contributed by atoms with van der Waals surface area (Å²) < 4.78 is 0. The van der Waals surface area contributed by atoms with Crippen LogP contribution in [0, 0.1) is 5.92 Å². The maximum absolute atomic E-state index is 11.5. The number of aliphatic hydroxyl groups excluding tert-OH is 1. The highest BCUT2D eigenvalue weighted by Crippen LogP contribution is 2.16. The van der Waals surface area contributed by atoms with E-state index in [1.54, 1.807) is 0 Å². The minimum Gasteiger partial charge on any atom is -0.392 e. The summed E-state index contributed by atoms with van der Waals surface area (Å²) in [5, 5.41) is 12.9. The first-order valence-electron chi connectivity index (χ1n) is 8.04. The zero-order chi connectivity index (χ0) is 14.4. The summed E-state index contributed by atoms with van der Waals surface area (Å²) in [5.74, 6) is 1.06. The van der Waals surface area contributed by atoms with Crippen molar-refractivity contribution < 1.29 is 9.90 Å². The second-order valence-electron chi connectivity index (χ2n) is 6.28. The molecule has 5 heteroatoms. The van der Waals surface area contributed by atoms with Gasteiger partial charge in [-0.15, -0.1) is 0 Å². The third-order valence-corrected chi connectivity index (χ3v) is 4.39. The molecule has 0 radical (unpaired) electrons. The summed E-state index contributed by atoms with van der Waals surface area (Å²) in [6.45, 7) is 8.64. The Morgan fingerprint density at radius 1 is 1.35 bits per heavy atom. The quantitative estimate of drug-likeness (QED) is 0.660. The molecule has 0 bridgehead atoms. The van der Waals surface area contributed by atoms with Gasteiger partial charge >= 0.3 is 0 Å². The lowest BCUT2D eigenvalue weighted by atomic mass is 9.96. The number of nitrogens with zero attached hydrogens (tertiary/aromatic N) is 2. The summed E-state index contributed by atoms with van der Waals surface area (Å²) in [6.07, 6.45) is 3.97. The van der Waals surface area contributed by atoms with Gasteiger partial charge in [-0.25, -0.2) is 0 Å². The molecule has 0 aromatic rings. The van der Waals surface area contributed by atoms with E-state index in [1.807, 2.05) is 11.8 Å². The van der Waals surface area contributed by atoms with Crippen LogP contribution in [0.5, 0.6) is 0 Å². The monoisotopic (exact) mass is 283 g/mol. The lowest BCUT2D eigenvalue weighted by molar-refractivity contribution is -0.127. The molecule has 2 aliphatic rings. The molecule has 116 valence electrons. The molecular formula is C15H29N3O2. The molecule has 1 amide bonds. The summed E-state index contributed by atoms with van der Waals surface area (Å²) >= 11 is 0. The standard InChI is InChI=1S/C15H29N3O2/c1-13(19)12-17-8-4-14(5-9-17)11-16-6-10-18-7-2-3-15(18)20/h13-14,16,19H,2-12H2,1H3/t13-/m1/s1. The van der Waals surface area contributed by atoms with Crippen LogP contribution in [0.4, 0.5) is 0 Å². The van der Waals surface area contributed by atoms with E-state index in [4.69, 9.17) is 0 Å². The first-order valence-corrected chi connectivity index (χ1v) is 8.04. The lowest BCUT2D eigenvalue weighted by Gasteiger charge is -2.32. The molecule has 0 spiro atoms. The van der Waals surface area contributed by atoms with E-state index in [1.165, 1.54) is 12.8 Å². The Bertz CT molecular complexity index is 301. The predicted molar refractivity (Wildman–Crippen MR) is 79.5 cm³/mol. The maximum atomic E-state index is 11.5. The molecule has 0 saturated carbocycles. The van der Waals surface area contributed by atoms with Crippen LogP contribution in [-0.2, 0) is 4.79 Å². The van der Waals surface area contributed by atoms with Crippen LogP contribution >= 0.6 is 0 Å². The van der Waals surface area contributed by atoms with Crippen LogP contribution in [0.15, 0.2) is 0 Å². The SMILES string of the molecule is C[C@@H](O)CN1CCC(CNCCN2CCCC2=O)CC1. The highest BCUT2D eigenvalue weighted by molar-refractivity contribution is 5.78. The molecule has 2 fully saturated rings. The van der Waals surface area contributed by atoms with Crippen molar-refractivity contribution in [2.75, 3.05) is 45.8 Å². The van der Waals surface area contributed by atoms with Gasteiger partial charge in [0.15, 0.2) is 0 Å². The smallest absolute Gasteiger partial charge is 0.222 e. The number of amides is 1. The van der Waals surface area contributed by atoms with Crippen molar-refractivity contribution in [1.82, 2.24) is 15.1 Å². The van der Waals surface area contributed by atoms with E-state index in [2.05, 4.69) is 10.2 Å². The fraction of sp³-hybridized carbons (Fsp3) is 0.933. The van der Waals surface area contributed by atoms with Crippen molar-refractivity contribution in [2.24, 2.45) is 5.92 Å². The number of β-amino-alcohol motifs (C(OH)–C–C–N with tert-alkyl or cyclic N) is 1. The normalized spacial score (nSPS) is 23.5. The topological polar surface area (TPSA) is 55.8 Å². The highest BCUT2D eigenvalue weighted by Gasteiger charge is 2.21. The largest absolute Gasteiger partial charge is 0.392 e. The molecule has 2 saturated heterocycles. The van der Waals surface area contributed by atoms with Gasteiger partial charge in [-0.05, 0) is 51.7 Å². The average molecular weight is 283 g/mol. The predicted octanol–water partition coefficient (Wildman–Crippen LogP) is 0.291. The second kappa shape index (κ2) is 7.96. The van der Waals surface area contributed by atoms with Gasteiger partial charge in [-0.1, -0.05) is 0 Å². The Hall–Kier alpha value is -0.650. The van der Waals surface area contributed by atoms with Crippen LogP contribution in [0.1, 0.15) is 32.6 Å². The maximum Gasteiger partial charge on any atom is 0.222 e. The van der Waals surface area contributed by atoms with E-state index in [9.17, 15) is 9.90 Å². The molecule has 20 heavy (non-hydrogen) atoms. The second-order valence-corrected chi connectivity index (χ2v) is 6.28.